The van der Waals surface area contributed by atoms with Crippen molar-refractivity contribution >= 4 is 11.9 Å². The molecule has 6 heteroatoms. The van der Waals surface area contributed by atoms with Gasteiger partial charge in [0.25, 0.3) is 0 Å². The molecule has 1 aliphatic heterocycles. The summed E-state index contributed by atoms with van der Waals surface area (Å²) in [4.78, 5) is 22.9. The maximum Gasteiger partial charge on any atom is 0.335 e. The van der Waals surface area contributed by atoms with Crippen LogP contribution >= 0.6 is 0 Å². The van der Waals surface area contributed by atoms with Crippen LogP contribution in [0, 0.1) is 0 Å². The molecular formula is C11H18O6. The number of rotatable bonds is 4. The maximum absolute atomic E-state index is 11.5. The maximum atomic E-state index is 11.5. The van der Waals surface area contributed by atoms with Gasteiger partial charge in [0.05, 0.1) is 19.3 Å². The zero-order chi connectivity index (χ0) is 12.8. The number of esters is 2. The Hall–Kier alpha value is -1.14. The van der Waals surface area contributed by atoms with Crippen molar-refractivity contribution < 1.29 is 28.9 Å². The molecule has 0 amide bonds. The summed E-state index contributed by atoms with van der Waals surface area (Å²) in [6, 6.07) is 0. The second-order valence-corrected chi connectivity index (χ2v) is 3.74. The summed E-state index contributed by atoms with van der Waals surface area (Å²) in [5, 5.41) is 9.59. The van der Waals surface area contributed by atoms with Gasteiger partial charge in [0, 0.05) is 12.8 Å². The molecule has 1 unspecified atom stereocenters. The summed E-state index contributed by atoms with van der Waals surface area (Å²) in [7, 11) is 0. The van der Waals surface area contributed by atoms with Crippen LogP contribution in [0.1, 0.15) is 26.7 Å². The van der Waals surface area contributed by atoms with Crippen molar-refractivity contribution in [2.75, 3.05) is 13.2 Å². The first-order valence-electron chi connectivity index (χ1n) is 5.75. The highest BCUT2D eigenvalue weighted by Gasteiger charge is 2.37. The van der Waals surface area contributed by atoms with E-state index in [2.05, 4.69) is 0 Å². The van der Waals surface area contributed by atoms with Crippen LogP contribution < -0.4 is 0 Å². The van der Waals surface area contributed by atoms with E-state index < -0.39 is 30.3 Å². The van der Waals surface area contributed by atoms with Crippen LogP contribution in [0.2, 0.25) is 0 Å². The number of hydrogen-bond acceptors (Lipinski definition) is 6. The van der Waals surface area contributed by atoms with Gasteiger partial charge in [-0.2, -0.15) is 0 Å². The van der Waals surface area contributed by atoms with Crippen molar-refractivity contribution in [3.05, 3.63) is 0 Å². The quantitative estimate of drug-likeness (QED) is 0.704. The van der Waals surface area contributed by atoms with Crippen molar-refractivity contribution in [2.45, 2.75) is 45.0 Å². The number of carbonyl (C=O) groups excluding carboxylic acids is 2. The molecule has 0 bridgehead atoms. The predicted octanol–water partition coefficient (Wildman–Crippen LogP) is 0.0211. The van der Waals surface area contributed by atoms with E-state index in [1.165, 1.54) is 0 Å². The van der Waals surface area contributed by atoms with Crippen molar-refractivity contribution in [2.24, 2.45) is 0 Å². The van der Waals surface area contributed by atoms with Gasteiger partial charge in [0.1, 0.15) is 0 Å². The van der Waals surface area contributed by atoms with E-state index >= 15 is 0 Å². The standard InChI is InChI=1S/C11H18O6/c1-3-15-10(13)8-5-7(12)6-9(17-8)11(14)16-4-2/h7-9,12H,3-6H2,1-2H3/t7?,8-,9+. The van der Waals surface area contributed by atoms with Gasteiger partial charge in [-0.15, -0.1) is 0 Å². The third-order valence-corrected chi connectivity index (χ3v) is 2.40. The van der Waals surface area contributed by atoms with Crippen molar-refractivity contribution in [3.63, 3.8) is 0 Å². The Bertz CT molecular complexity index is 251. The lowest BCUT2D eigenvalue weighted by Gasteiger charge is -2.30. The molecule has 0 aromatic rings. The zero-order valence-electron chi connectivity index (χ0n) is 10.0. The molecule has 0 aromatic carbocycles. The smallest absolute Gasteiger partial charge is 0.335 e. The third-order valence-electron chi connectivity index (χ3n) is 2.40. The molecule has 0 radical (unpaired) electrons. The van der Waals surface area contributed by atoms with E-state index in [0.29, 0.717) is 0 Å². The van der Waals surface area contributed by atoms with E-state index in [4.69, 9.17) is 14.2 Å². The highest BCUT2D eigenvalue weighted by Crippen LogP contribution is 2.21. The summed E-state index contributed by atoms with van der Waals surface area (Å²) in [5.41, 5.74) is 0. The van der Waals surface area contributed by atoms with E-state index in [9.17, 15) is 14.7 Å². The first-order chi connectivity index (χ1) is 8.08. The van der Waals surface area contributed by atoms with Gasteiger partial charge in [-0.25, -0.2) is 9.59 Å². The molecule has 98 valence electrons. The lowest BCUT2D eigenvalue weighted by atomic mass is 10.0. The van der Waals surface area contributed by atoms with Gasteiger partial charge in [-0.1, -0.05) is 0 Å². The minimum atomic E-state index is -0.895. The van der Waals surface area contributed by atoms with Crippen LogP contribution in [0.4, 0.5) is 0 Å². The highest BCUT2D eigenvalue weighted by molar-refractivity contribution is 5.78. The monoisotopic (exact) mass is 246 g/mol. The number of ether oxygens (including phenoxy) is 3. The topological polar surface area (TPSA) is 82.1 Å². The molecule has 1 rings (SSSR count). The second kappa shape index (κ2) is 6.56. The minimum absolute atomic E-state index is 0.148. The zero-order valence-corrected chi connectivity index (χ0v) is 10.0. The fourth-order valence-electron chi connectivity index (χ4n) is 1.67. The Morgan fingerprint density at radius 1 is 1.12 bits per heavy atom. The lowest BCUT2D eigenvalue weighted by Crippen LogP contribution is -2.44. The summed E-state index contributed by atoms with van der Waals surface area (Å²) in [6.45, 7) is 3.83. The number of hydrogen-bond donors (Lipinski definition) is 1. The first-order valence-corrected chi connectivity index (χ1v) is 5.75. The van der Waals surface area contributed by atoms with Crippen molar-refractivity contribution in [1.82, 2.24) is 0 Å². The van der Waals surface area contributed by atoms with Crippen LogP contribution in [0.3, 0.4) is 0 Å². The molecular weight excluding hydrogens is 228 g/mol. The van der Waals surface area contributed by atoms with Gasteiger partial charge in [0.2, 0.25) is 0 Å². The van der Waals surface area contributed by atoms with E-state index in [0.717, 1.165) is 0 Å². The van der Waals surface area contributed by atoms with Crippen LogP contribution in [0.25, 0.3) is 0 Å². The molecule has 6 nitrogen and oxygen atoms in total. The molecule has 17 heavy (non-hydrogen) atoms. The van der Waals surface area contributed by atoms with Gasteiger partial charge in [0.15, 0.2) is 12.2 Å². The summed E-state index contributed by atoms with van der Waals surface area (Å²) < 4.78 is 14.9. The SMILES string of the molecule is CCOC(=O)[C@@H]1CC(O)C[C@H](C(=O)OCC)O1. The highest BCUT2D eigenvalue weighted by atomic mass is 16.6. The molecule has 1 N–H and O–H groups in total. The molecule has 0 aliphatic carbocycles. The summed E-state index contributed by atoms with van der Waals surface area (Å²) in [6.07, 6.45) is -2.25. The fourth-order valence-corrected chi connectivity index (χ4v) is 1.67. The minimum Gasteiger partial charge on any atom is -0.464 e. The van der Waals surface area contributed by atoms with E-state index in [-0.39, 0.29) is 26.1 Å². The molecule has 0 saturated carbocycles. The van der Waals surface area contributed by atoms with Crippen LogP contribution in [-0.4, -0.2) is 48.6 Å². The Balaban J connectivity index is 2.58. The van der Waals surface area contributed by atoms with Crippen LogP contribution in [0.15, 0.2) is 0 Å². The average molecular weight is 246 g/mol. The Morgan fingerprint density at radius 2 is 1.53 bits per heavy atom. The lowest BCUT2D eigenvalue weighted by molar-refractivity contribution is -0.184. The molecule has 0 spiro atoms. The van der Waals surface area contributed by atoms with E-state index in [1.54, 1.807) is 13.8 Å². The second-order valence-electron chi connectivity index (χ2n) is 3.74. The van der Waals surface area contributed by atoms with Gasteiger partial charge < -0.3 is 19.3 Å². The number of carbonyl (C=O) groups is 2. The molecule has 0 aromatic heterocycles. The average Bonchev–Trinajstić information content (AvgIpc) is 2.29. The number of aliphatic hydroxyl groups excluding tert-OH is 1. The number of aliphatic hydroxyl groups is 1. The van der Waals surface area contributed by atoms with Gasteiger partial charge >= 0.3 is 11.9 Å². The Morgan fingerprint density at radius 3 is 1.88 bits per heavy atom. The van der Waals surface area contributed by atoms with Gasteiger partial charge in [-0.3, -0.25) is 0 Å². The molecule has 1 fully saturated rings. The Labute approximate surface area is 99.8 Å². The van der Waals surface area contributed by atoms with Crippen molar-refractivity contribution in [3.8, 4) is 0 Å². The molecule has 1 saturated heterocycles. The summed E-state index contributed by atoms with van der Waals surface area (Å²) in [5.74, 6) is -1.11. The van der Waals surface area contributed by atoms with Crippen LogP contribution in [0.5, 0.6) is 0 Å². The molecule has 1 aliphatic rings. The normalized spacial score (nSPS) is 28.5. The van der Waals surface area contributed by atoms with Crippen LogP contribution in [-0.2, 0) is 23.8 Å². The molecule has 3 atom stereocenters. The fraction of sp³-hybridized carbons (Fsp3) is 0.818. The summed E-state index contributed by atoms with van der Waals surface area (Å²) >= 11 is 0. The largest absolute Gasteiger partial charge is 0.464 e. The Kier molecular flexibility index (Phi) is 5.37. The van der Waals surface area contributed by atoms with E-state index in [1.807, 2.05) is 0 Å². The first kappa shape index (κ1) is 13.9. The third kappa shape index (κ3) is 3.98. The van der Waals surface area contributed by atoms with Gasteiger partial charge in [-0.05, 0) is 13.8 Å². The predicted molar refractivity (Wildman–Crippen MR) is 57.2 cm³/mol. The van der Waals surface area contributed by atoms with Crippen molar-refractivity contribution in [1.29, 1.82) is 0 Å². The molecule has 1 heterocycles.